The van der Waals surface area contributed by atoms with Gasteiger partial charge in [0.15, 0.2) is 11.5 Å². The number of methoxy groups -OCH3 is 2. The van der Waals surface area contributed by atoms with Gasteiger partial charge in [0.2, 0.25) is 0 Å². The van der Waals surface area contributed by atoms with Crippen LogP contribution in [0, 0.1) is 0 Å². The second-order valence-corrected chi connectivity index (χ2v) is 6.69. The zero-order valence-electron chi connectivity index (χ0n) is 17.8. The van der Waals surface area contributed by atoms with Crippen LogP contribution in [0.5, 0.6) is 17.2 Å². The van der Waals surface area contributed by atoms with Crippen LogP contribution in [0.2, 0.25) is 0 Å². The van der Waals surface area contributed by atoms with Crippen molar-refractivity contribution in [3.8, 4) is 17.2 Å². The van der Waals surface area contributed by atoms with E-state index in [0.717, 1.165) is 16.9 Å². The molecule has 0 saturated carbocycles. The molecule has 7 nitrogen and oxygen atoms in total. The van der Waals surface area contributed by atoms with Gasteiger partial charge in [0, 0.05) is 11.6 Å². The van der Waals surface area contributed by atoms with Gasteiger partial charge in [0.05, 0.1) is 14.2 Å². The van der Waals surface area contributed by atoms with Crippen molar-refractivity contribution in [1.29, 1.82) is 0 Å². The number of ether oxygens (including phenoxy) is 3. The Kier molecular flexibility index (Phi) is 7.86. The number of nitrogens with one attached hydrogen (secondary N) is 2. The first-order valence-corrected chi connectivity index (χ1v) is 9.86. The summed E-state index contributed by atoms with van der Waals surface area (Å²) in [4.78, 5) is 24.3. The van der Waals surface area contributed by atoms with Crippen LogP contribution in [0.3, 0.4) is 0 Å². The lowest BCUT2D eigenvalue weighted by Gasteiger charge is -2.10. The summed E-state index contributed by atoms with van der Waals surface area (Å²) in [5, 5.41) is 0. The molecule has 0 atom stereocenters. The average Bonchev–Trinajstić information content (AvgIpc) is 2.85. The van der Waals surface area contributed by atoms with E-state index in [1.54, 1.807) is 18.2 Å². The van der Waals surface area contributed by atoms with E-state index in [1.807, 2.05) is 54.6 Å². The topological polar surface area (TPSA) is 85.9 Å². The minimum Gasteiger partial charge on any atom is -0.493 e. The third-order valence-corrected chi connectivity index (χ3v) is 4.50. The molecular formula is C25H24N2O5. The van der Waals surface area contributed by atoms with E-state index in [1.165, 1.54) is 26.4 Å². The number of hydrazine groups is 1. The lowest BCUT2D eigenvalue weighted by molar-refractivity contribution is -0.117. The fourth-order valence-electron chi connectivity index (χ4n) is 2.80. The molecule has 3 rings (SSSR count). The average molecular weight is 432 g/mol. The highest BCUT2D eigenvalue weighted by molar-refractivity contribution is 5.98. The molecular weight excluding hydrogens is 408 g/mol. The Morgan fingerprint density at radius 3 is 2.25 bits per heavy atom. The predicted octanol–water partition coefficient (Wildman–Crippen LogP) is 3.76. The third-order valence-electron chi connectivity index (χ3n) is 4.50. The van der Waals surface area contributed by atoms with Crippen molar-refractivity contribution >= 4 is 17.9 Å². The Morgan fingerprint density at radius 2 is 1.56 bits per heavy atom. The van der Waals surface area contributed by atoms with E-state index < -0.39 is 11.8 Å². The zero-order valence-corrected chi connectivity index (χ0v) is 17.8. The van der Waals surface area contributed by atoms with Crippen molar-refractivity contribution in [3.63, 3.8) is 0 Å². The Labute approximate surface area is 186 Å². The van der Waals surface area contributed by atoms with E-state index >= 15 is 0 Å². The summed E-state index contributed by atoms with van der Waals surface area (Å²) >= 11 is 0. The molecule has 0 aromatic heterocycles. The summed E-state index contributed by atoms with van der Waals surface area (Å²) in [5.41, 5.74) is 6.93. The molecule has 0 saturated heterocycles. The number of hydrogen-bond donors (Lipinski definition) is 2. The molecule has 3 aromatic rings. The molecule has 0 unspecified atom stereocenters. The van der Waals surface area contributed by atoms with E-state index in [0.29, 0.717) is 23.7 Å². The first-order chi connectivity index (χ1) is 15.6. The van der Waals surface area contributed by atoms with E-state index in [9.17, 15) is 9.59 Å². The molecule has 0 radical (unpaired) electrons. The molecule has 0 aliphatic heterocycles. The molecule has 0 bridgehead atoms. The van der Waals surface area contributed by atoms with Gasteiger partial charge in [-0.3, -0.25) is 20.4 Å². The summed E-state index contributed by atoms with van der Waals surface area (Å²) in [6.07, 6.45) is 2.97. The van der Waals surface area contributed by atoms with Gasteiger partial charge in [0.25, 0.3) is 11.8 Å². The van der Waals surface area contributed by atoms with Gasteiger partial charge >= 0.3 is 0 Å². The molecule has 0 aliphatic carbocycles. The largest absolute Gasteiger partial charge is 0.493 e. The molecule has 0 spiro atoms. The number of hydrogen-bond acceptors (Lipinski definition) is 5. The second-order valence-electron chi connectivity index (χ2n) is 6.69. The summed E-state index contributed by atoms with van der Waals surface area (Å²) in [7, 11) is 2.99. The highest BCUT2D eigenvalue weighted by Gasteiger charge is 2.11. The Hall–Kier alpha value is -4.26. The van der Waals surface area contributed by atoms with Crippen molar-refractivity contribution in [2.24, 2.45) is 0 Å². The van der Waals surface area contributed by atoms with Crippen molar-refractivity contribution < 1.29 is 23.8 Å². The quantitative estimate of drug-likeness (QED) is 0.418. The maximum Gasteiger partial charge on any atom is 0.269 e. The van der Waals surface area contributed by atoms with Crippen molar-refractivity contribution in [2.75, 3.05) is 14.2 Å². The molecule has 7 heteroatoms. The van der Waals surface area contributed by atoms with Gasteiger partial charge in [0.1, 0.15) is 12.4 Å². The van der Waals surface area contributed by atoms with E-state index in [-0.39, 0.29) is 0 Å². The second kappa shape index (κ2) is 11.2. The molecule has 2 amide bonds. The minimum absolute atomic E-state index is 0.318. The van der Waals surface area contributed by atoms with Crippen molar-refractivity contribution in [1.82, 2.24) is 10.9 Å². The van der Waals surface area contributed by atoms with E-state index in [4.69, 9.17) is 14.2 Å². The standard InChI is InChI=1S/C25H24N2O5/c1-30-22-14-11-20(16-23(22)31-2)25(29)27-26-24(28)15-10-18-8-12-21(13-9-18)32-17-19-6-4-3-5-7-19/h3-16H,17H2,1-2H3,(H,26,28)(H,27,29)/b15-10+. The highest BCUT2D eigenvalue weighted by atomic mass is 16.5. The Balaban J connectivity index is 1.48. The Morgan fingerprint density at radius 1 is 0.844 bits per heavy atom. The smallest absolute Gasteiger partial charge is 0.269 e. The molecule has 32 heavy (non-hydrogen) atoms. The predicted molar refractivity (Wildman–Crippen MR) is 121 cm³/mol. The van der Waals surface area contributed by atoms with Crippen LogP contribution in [-0.2, 0) is 11.4 Å². The lowest BCUT2D eigenvalue weighted by atomic mass is 10.2. The molecule has 164 valence electrons. The van der Waals surface area contributed by atoms with Gasteiger partial charge in [-0.15, -0.1) is 0 Å². The monoisotopic (exact) mass is 432 g/mol. The van der Waals surface area contributed by atoms with Gasteiger partial charge in [-0.05, 0) is 47.5 Å². The van der Waals surface area contributed by atoms with Crippen molar-refractivity contribution in [3.05, 3.63) is 95.6 Å². The normalized spacial score (nSPS) is 10.4. The van der Waals surface area contributed by atoms with Crippen LogP contribution in [0.4, 0.5) is 0 Å². The molecule has 0 aliphatic rings. The summed E-state index contributed by atoms with van der Waals surface area (Å²) in [6.45, 7) is 0.484. The van der Waals surface area contributed by atoms with Gasteiger partial charge in [-0.2, -0.15) is 0 Å². The number of rotatable bonds is 8. The summed E-state index contributed by atoms with van der Waals surface area (Å²) in [6, 6.07) is 21.9. The maximum atomic E-state index is 12.2. The van der Waals surface area contributed by atoms with Crippen molar-refractivity contribution in [2.45, 2.75) is 6.61 Å². The molecule has 3 aromatic carbocycles. The van der Waals surface area contributed by atoms with Gasteiger partial charge in [-0.1, -0.05) is 42.5 Å². The first kappa shape index (κ1) is 22.4. The van der Waals surface area contributed by atoms with Gasteiger partial charge < -0.3 is 14.2 Å². The number of amides is 2. The summed E-state index contributed by atoms with van der Waals surface area (Å²) < 4.78 is 16.1. The Bertz CT molecular complexity index is 1080. The fourth-order valence-corrected chi connectivity index (χ4v) is 2.80. The van der Waals surface area contributed by atoms with Crippen LogP contribution in [0.1, 0.15) is 21.5 Å². The number of carbonyl (C=O) groups is 2. The SMILES string of the molecule is COc1ccc(C(=O)NNC(=O)/C=C/c2ccc(OCc3ccccc3)cc2)cc1OC. The highest BCUT2D eigenvalue weighted by Crippen LogP contribution is 2.27. The molecule has 0 heterocycles. The van der Waals surface area contributed by atoms with E-state index in [2.05, 4.69) is 10.9 Å². The molecule has 2 N–H and O–H groups in total. The van der Waals surface area contributed by atoms with Crippen LogP contribution >= 0.6 is 0 Å². The maximum absolute atomic E-state index is 12.2. The third kappa shape index (κ3) is 6.37. The number of benzene rings is 3. The van der Waals surface area contributed by atoms with Crippen LogP contribution in [0.25, 0.3) is 6.08 Å². The van der Waals surface area contributed by atoms with Crippen LogP contribution < -0.4 is 25.1 Å². The lowest BCUT2D eigenvalue weighted by Crippen LogP contribution is -2.40. The first-order valence-electron chi connectivity index (χ1n) is 9.86. The molecule has 0 fully saturated rings. The van der Waals surface area contributed by atoms with Gasteiger partial charge in [-0.25, -0.2) is 0 Å². The number of carbonyl (C=O) groups excluding carboxylic acids is 2. The summed E-state index contributed by atoms with van der Waals surface area (Å²) in [5.74, 6) is 0.712. The van der Waals surface area contributed by atoms with Crippen LogP contribution in [-0.4, -0.2) is 26.0 Å². The fraction of sp³-hybridized carbons (Fsp3) is 0.120. The minimum atomic E-state index is -0.479. The zero-order chi connectivity index (χ0) is 22.8. The van der Waals surface area contributed by atoms with Crippen LogP contribution in [0.15, 0.2) is 78.9 Å².